The molecular weight excluding hydrogens is 321 g/mol. The molecule has 1 aromatic rings. The number of halogens is 2. The molecule has 0 bridgehead atoms. The number of piperidine rings is 1. The van der Waals surface area contributed by atoms with E-state index in [2.05, 4.69) is 16.3 Å². The van der Waals surface area contributed by atoms with Gasteiger partial charge in [-0.1, -0.05) is 12.1 Å². The van der Waals surface area contributed by atoms with Crippen molar-refractivity contribution in [3.63, 3.8) is 0 Å². The fourth-order valence-electron chi connectivity index (χ4n) is 2.58. The van der Waals surface area contributed by atoms with E-state index < -0.39 is 0 Å². The summed E-state index contributed by atoms with van der Waals surface area (Å²) in [6.07, 6.45) is 2.33. The molecule has 2 rings (SSSR count). The highest BCUT2D eigenvalue weighted by Gasteiger charge is 2.20. The molecule has 1 aliphatic heterocycles. The second-order valence-electron chi connectivity index (χ2n) is 5.36. The molecule has 1 amide bonds. The monoisotopic (exact) mass is 341 g/mol. The molecule has 0 aromatic heterocycles. The van der Waals surface area contributed by atoms with Gasteiger partial charge in [0.1, 0.15) is 0 Å². The van der Waals surface area contributed by atoms with Gasteiger partial charge in [-0.15, -0.1) is 24.0 Å². The molecule has 1 fully saturated rings. The van der Waals surface area contributed by atoms with Gasteiger partial charge >= 0.3 is 0 Å². The molecule has 1 N–H and O–H groups in total. The first-order valence-electron chi connectivity index (χ1n) is 7.28. The number of hydrogen-bond acceptors (Lipinski definition) is 3. The number of hydrogen-bond donors (Lipinski definition) is 1. The number of amides is 1. The van der Waals surface area contributed by atoms with Crippen LogP contribution in [0.3, 0.4) is 0 Å². The second-order valence-corrected chi connectivity index (χ2v) is 5.74. The highest BCUT2D eigenvalue weighted by Crippen LogP contribution is 2.11. The normalized spacial score (nSPS) is 15.6. The van der Waals surface area contributed by atoms with Crippen LogP contribution in [0, 0.1) is 11.3 Å². The lowest BCUT2D eigenvalue weighted by Crippen LogP contribution is -2.45. The molecule has 0 unspecified atom stereocenters. The maximum Gasteiger partial charge on any atom is 0.224 e. The molecule has 6 heteroatoms. The van der Waals surface area contributed by atoms with Crippen LogP contribution in [-0.4, -0.2) is 42.4 Å². The number of likely N-dealkylation sites (tertiary alicyclic amines) is 1. The van der Waals surface area contributed by atoms with Crippen LogP contribution in [-0.2, 0) is 11.2 Å². The molecule has 1 aliphatic rings. The molecule has 22 heavy (non-hydrogen) atoms. The summed E-state index contributed by atoms with van der Waals surface area (Å²) in [6, 6.07) is 9.49. The Balaban J connectivity index is 0.00000242. The maximum absolute atomic E-state index is 12.0. The van der Waals surface area contributed by atoms with E-state index in [9.17, 15) is 4.79 Å². The van der Waals surface area contributed by atoms with Crippen molar-refractivity contribution in [1.82, 2.24) is 10.2 Å². The van der Waals surface area contributed by atoms with Crippen molar-refractivity contribution in [2.75, 3.05) is 25.5 Å². The molecule has 1 aromatic carbocycles. The fraction of sp³-hybridized carbons (Fsp3) is 0.500. The topological polar surface area (TPSA) is 56.1 Å². The number of benzene rings is 1. The molecule has 4 nitrogen and oxygen atoms in total. The molecule has 1 saturated heterocycles. The summed E-state index contributed by atoms with van der Waals surface area (Å²) >= 11 is 5.74. The molecular formula is C16H21Cl2N3O. The number of nitrogens with one attached hydrogen (secondary N) is 1. The van der Waals surface area contributed by atoms with Crippen LogP contribution in [0.15, 0.2) is 24.3 Å². The molecule has 1 heterocycles. The standard InChI is InChI=1S/C16H20ClN3O.ClH/c17-7-10-20-8-5-15(6-9-20)19-16(21)11-13-1-3-14(12-18)4-2-13;/h1-4,15H,5-11H2,(H,19,21);1H. The van der Waals surface area contributed by atoms with Crippen molar-refractivity contribution < 1.29 is 4.79 Å². The molecule has 120 valence electrons. The Bertz CT molecular complexity index is 505. The lowest BCUT2D eigenvalue weighted by molar-refractivity contribution is -0.121. The lowest BCUT2D eigenvalue weighted by Gasteiger charge is -2.31. The van der Waals surface area contributed by atoms with E-state index in [4.69, 9.17) is 16.9 Å². The van der Waals surface area contributed by atoms with Crippen LogP contribution < -0.4 is 5.32 Å². The van der Waals surface area contributed by atoms with Crippen LogP contribution >= 0.6 is 24.0 Å². The molecule has 0 aliphatic carbocycles. The Morgan fingerprint density at radius 2 is 1.95 bits per heavy atom. The quantitative estimate of drug-likeness (QED) is 0.836. The van der Waals surface area contributed by atoms with Gasteiger partial charge in [0.15, 0.2) is 0 Å². The first kappa shape index (κ1) is 18.8. The van der Waals surface area contributed by atoms with E-state index in [1.165, 1.54) is 0 Å². The third-order valence-electron chi connectivity index (χ3n) is 3.80. The SMILES string of the molecule is Cl.N#Cc1ccc(CC(=O)NC2CCN(CCCl)CC2)cc1. The minimum atomic E-state index is 0. The minimum absolute atomic E-state index is 0. The van der Waals surface area contributed by atoms with Gasteiger partial charge in [-0.25, -0.2) is 0 Å². The molecule has 0 saturated carbocycles. The average molecular weight is 342 g/mol. The van der Waals surface area contributed by atoms with Gasteiger partial charge in [-0.2, -0.15) is 5.26 Å². The summed E-state index contributed by atoms with van der Waals surface area (Å²) in [7, 11) is 0. The average Bonchev–Trinajstić information content (AvgIpc) is 2.50. The van der Waals surface area contributed by atoms with Crippen LogP contribution in [0.1, 0.15) is 24.0 Å². The third-order valence-corrected chi connectivity index (χ3v) is 3.97. The van der Waals surface area contributed by atoms with Gasteiger partial charge in [-0.05, 0) is 30.5 Å². The van der Waals surface area contributed by atoms with Gasteiger partial charge in [0.05, 0.1) is 18.1 Å². The van der Waals surface area contributed by atoms with Crippen molar-refractivity contribution in [1.29, 1.82) is 5.26 Å². The summed E-state index contributed by atoms with van der Waals surface area (Å²) in [5, 5.41) is 11.8. The second kappa shape index (κ2) is 9.68. The predicted molar refractivity (Wildman–Crippen MR) is 90.4 cm³/mol. The zero-order valence-electron chi connectivity index (χ0n) is 12.4. The van der Waals surface area contributed by atoms with E-state index in [1.54, 1.807) is 12.1 Å². The summed E-state index contributed by atoms with van der Waals surface area (Å²) in [5.41, 5.74) is 1.55. The number of nitriles is 1. The molecule has 0 atom stereocenters. The zero-order chi connectivity index (χ0) is 15.1. The smallest absolute Gasteiger partial charge is 0.224 e. The number of nitrogens with zero attached hydrogens (tertiary/aromatic N) is 2. The van der Waals surface area contributed by atoms with Gasteiger partial charge in [0, 0.05) is 31.6 Å². The van der Waals surface area contributed by atoms with Crippen molar-refractivity contribution in [2.45, 2.75) is 25.3 Å². The van der Waals surface area contributed by atoms with E-state index in [0.717, 1.165) is 38.0 Å². The Hall–Kier alpha value is -1.28. The van der Waals surface area contributed by atoms with Gasteiger partial charge in [0.2, 0.25) is 5.91 Å². The Labute approximate surface area is 142 Å². The van der Waals surface area contributed by atoms with E-state index in [1.807, 2.05) is 12.1 Å². The highest BCUT2D eigenvalue weighted by atomic mass is 35.5. The van der Waals surface area contributed by atoms with E-state index in [0.29, 0.717) is 17.9 Å². The summed E-state index contributed by atoms with van der Waals surface area (Å²) in [6.45, 7) is 2.91. The van der Waals surface area contributed by atoms with E-state index >= 15 is 0 Å². The molecule has 0 spiro atoms. The summed E-state index contributed by atoms with van der Waals surface area (Å²) in [5.74, 6) is 0.714. The number of rotatable bonds is 5. The van der Waals surface area contributed by atoms with Crippen molar-refractivity contribution in [3.8, 4) is 6.07 Å². The first-order chi connectivity index (χ1) is 10.2. The van der Waals surface area contributed by atoms with Crippen LogP contribution in [0.4, 0.5) is 0 Å². The minimum Gasteiger partial charge on any atom is -0.353 e. The zero-order valence-corrected chi connectivity index (χ0v) is 14.0. The maximum atomic E-state index is 12.0. The van der Waals surface area contributed by atoms with E-state index in [-0.39, 0.29) is 24.4 Å². The van der Waals surface area contributed by atoms with Gasteiger partial charge < -0.3 is 10.2 Å². The van der Waals surface area contributed by atoms with Crippen molar-refractivity contribution >= 4 is 29.9 Å². The van der Waals surface area contributed by atoms with Crippen LogP contribution in [0.5, 0.6) is 0 Å². The number of alkyl halides is 1. The largest absolute Gasteiger partial charge is 0.353 e. The van der Waals surface area contributed by atoms with Crippen molar-refractivity contribution in [3.05, 3.63) is 35.4 Å². The number of carbonyl (C=O) groups is 1. The lowest BCUT2D eigenvalue weighted by atomic mass is 10.0. The third kappa shape index (κ3) is 5.84. The van der Waals surface area contributed by atoms with Gasteiger partial charge in [0.25, 0.3) is 0 Å². The predicted octanol–water partition coefficient (Wildman–Crippen LogP) is 2.34. The fourth-order valence-corrected chi connectivity index (χ4v) is 2.82. The Kier molecular flexibility index (Phi) is 8.26. The summed E-state index contributed by atoms with van der Waals surface area (Å²) < 4.78 is 0. The van der Waals surface area contributed by atoms with Crippen molar-refractivity contribution in [2.24, 2.45) is 0 Å². The molecule has 0 radical (unpaired) electrons. The first-order valence-corrected chi connectivity index (χ1v) is 7.81. The van der Waals surface area contributed by atoms with Gasteiger partial charge in [-0.3, -0.25) is 4.79 Å². The Morgan fingerprint density at radius 3 is 2.50 bits per heavy atom. The number of carbonyl (C=O) groups excluding carboxylic acids is 1. The highest BCUT2D eigenvalue weighted by molar-refractivity contribution is 6.18. The van der Waals surface area contributed by atoms with Crippen LogP contribution in [0.25, 0.3) is 0 Å². The Morgan fingerprint density at radius 1 is 1.32 bits per heavy atom. The van der Waals surface area contributed by atoms with Crippen LogP contribution in [0.2, 0.25) is 0 Å². The summed E-state index contributed by atoms with van der Waals surface area (Å²) in [4.78, 5) is 14.4.